The maximum absolute atomic E-state index is 13.4. The molecule has 1 heterocycles. The number of aryl methyl sites for hydroxylation is 1. The molecule has 0 saturated carbocycles. The van der Waals surface area contributed by atoms with Gasteiger partial charge >= 0.3 is 0 Å². The molecule has 0 unspecified atom stereocenters. The van der Waals surface area contributed by atoms with Crippen LogP contribution in [0.1, 0.15) is 44.5 Å². The highest BCUT2D eigenvalue weighted by Crippen LogP contribution is 2.32. The number of benzene rings is 4. The monoisotopic (exact) mass is 490 g/mol. The molecule has 5 heteroatoms. The third-order valence-corrected chi connectivity index (χ3v) is 6.26. The molecule has 36 heavy (non-hydrogen) atoms. The van der Waals surface area contributed by atoms with Crippen molar-refractivity contribution < 1.29 is 9.32 Å². The number of hydrogen-bond acceptors (Lipinski definition) is 4. The van der Waals surface area contributed by atoms with Crippen molar-refractivity contribution in [2.24, 2.45) is 4.99 Å². The van der Waals surface area contributed by atoms with Gasteiger partial charge in [-0.2, -0.15) is 0 Å². The SMILES string of the molecule is Cc1noc(/C=N/C(c2ccccc2)c2ccccc2)c1-c1ccccc1C(=O)c1ccc(Cl)cc1. The topological polar surface area (TPSA) is 55.5 Å². The zero-order valence-electron chi connectivity index (χ0n) is 19.6. The molecule has 0 amide bonds. The number of carbonyl (C=O) groups is 1. The maximum atomic E-state index is 13.4. The van der Waals surface area contributed by atoms with Crippen molar-refractivity contribution in [3.63, 3.8) is 0 Å². The number of hydrogen-bond donors (Lipinski definition) is 0. The van der Waals surface area contributed by atoms with Gasteiger partial charge in [0, 0.05) is 16.1 Å². The number of aromatic nitrogens is 1. The largest absolute Gasteiger partial charge is 0.354 e. The second-order valence-corrected chi connectivity index (χ2v) is 8.83. The lowest BCUT2D eigenvalue weighted by Gasteiger charge is -2.13. The summed E-state index contributed by atoms with van der Waals surface area (Å²) in [6, 6.07) is 34.4. The molecule has 0 atom stereocenters. The van der Waals surface area contributed by atoms with Crippen LogP contribution < -0.4 is 0 Å². The van der Waals surface area contributed by atoms with Gasteiger partial charge in [0.1, 0.15) is 6.04 Å². The Kier molecular flexibility index (Phi) is 6.87. The van der Waals surface area contributed by atoms with Gasteiger partial charge in [-0.1, -0.05) is 102 Å². The van der Waals surface area contributed by atoms with E-state index in [1.807, 2.05) is 67.6 Å². The van der Waals surface area contributed by atoms with Crippen LogP contribution in [0.15, 0.2) is 119 Å². The van der Waals surface area contributed by atoms with Gasteiger partial charge in [-0.3, -0.25) is 9.79 Å². The van der Waals surface area contributed by atoms with Crippen molar-refractivity contribution in [3.05, 3.63) is 148 Å². The van der Waals surface area contributed by atoms with Crippen molar-refractivity contribution in [1.82, 2.24) is 5.16 Å². The first-order valence-electron chi connectivity index (χ1n) is 11.6. The van der Waals surface area contributed by atoms with Crippen molar-refractivity contribution in [3.8, 4) is 11.1 Å². The molecule has 0 aliphatic rings. The minimum Gasteiger partial charge on any atom is -0.354 e. The van der Waals surface area contributed by atoms with Crippen LogP contribution in [0.2, 0.25) is 5.02 Å². The van der Waals surface area contributed by atoms with Gasteiger partial charge in [0.15, 0.2) is 11.5 Å². The molecule has 5 rings (SSSR count). The zero-order chi connectivity index (χ0) is 24.9. The summed E-state index contributed by atoms with van der Waals surface area (Å²) in [5.74, 6) is 0.401. The van der Waals surface area contributed by atoms with Crippen molar-refractivity contribution >= 4 is 23.6 Å². The minimum absolute atomic E-state index is 0.0998. The van der Waals surface area contributed by atoms with Crippen LogP contribution in [0, 0.1) is 6.92 Å². The Labute approximate surface area is 214 Å². The highest BCUT2D eigenvalue weighted by Gasteiger charge is 2.21. The maximum Gasteiger partial charge on any atom is 0.193 e. The van der Waals surface area contributed by atoms with Crippen LogP contribution in [-0.4, -0.2) is 17.2 Å². The fourth-order valence-electron chi connectivity index (χ4n) is 4.24. The Morgan fingerprint density at radius 3 is 2.06 bits per heavy atom. The molecule has 0 aliphatic carbocycles. The first-order chi connectivity index (χ1) is 17.6. The van der Waals surface area contributed by atoms with E-state index in [-0.39, 0.29) is 11.8 Å². The van der Waals surface area contributed by atoms with E-state index >= 15 is 0 Å². The molecule has 0 radical (unpaired) electrons. The second kappa shape index (κ2) is 10.5. The Hall–Kier alpha value is -4.28. The van der Waals surface area contributed by atoms with E-state index in [2.05, 4.69) is 29.4 Å². The minimum atomic E-state index is -0.211. The van der Waals surface area contributed by atoms with Crippen molar-refractivity contribution in [1.29, 1.82) is 0 Å². The molecule has 0 fully saturated rings. The summed E-state index contributed by atoms with van der Waals surface area (Å²) in [6.45, 7) is 1.87. The molecule has 5 aromatic rings. The number of ketones is 1. The summed E-state index contributed by atoms with van der Waals surface area (Å²) in [6.07, 6.45) is 1.71. The first-order valence-corrected chi connectivity index (χ1v) is 12.0. The van der Waals surface area contributed by atoms with Crippen LogP contribution in [0.3, 0.4) is 0 Å². The van der Waals surface area contributed by atoms with E-state index in [1.165, 1.54) is 0 Å². The smallest absolute Gasteiger partial charge is 0.193 e. The average molecular weight is 491 g/mol. The Morgan fingerprint density at radius 2 is 1.42 bits per heavy atom. The van der Waals surface area contributed by atoms with E-state index in [1.54, 1.807) is 30.5 Å². The molecule has 176 valence electrons. The van der Waals surface area contributed by atoms with Crippen molar-refractivity contribution in [2.75, 3.05) is 0 Å². The molecular weight excluding hydrogens is 468 g/mol. The van der Waals surface area contributed by atoms with Gasteiger partial charge < -0.3 is 4.52 Å². The molecule has 1 aromatic heterocycles. The fraction of sp³-hybridized carbons (Fsp3) is 0.0645. The Morgan fingerprint density at radius 1 is 0.833 bits per heavy atom. The molecule has 0 saturated heterocycles. The van der Waals surface area contributed by atoms with Gasteiger partial charge in [0.25, 0.3) is 0 Å². The molecule has 0 spiro atoms. The standard InChI is InChI=1S/C31H23ClN2O2/c1-21-29(26-14-8-9-15-27(26)31(35)24-16-18-25(32)19-17-24)28(36-34-21)20-33-30(22-10-4-2-5-11-22)23-12-6-3-7-13-23/h2-20,30H,1H3/b33-20+. The predicted octanol–water partition coefficient (Wildman–Crippen LogP) is 7.74. The predicted molar refractivity (Wildman–Crippen MR) is 144 cm³/mol. The average Bonchev–Trinajstić information content (AvgIpc) is 3.30. The summed E-state index contributed by atoms with van der Waals surface area (Å²) < 4.78 is 5.70. The molecule has 0 aliphatic heterocycles. The number of halogens is 1. The van der Waals surface area contributed by atoms with Gasteiger partial charge in [-0.25, -0.2) is 0 Å². The lowest BCUT2D eigenvalue weighted by Crippen LogP contribution is -2.04. The van der Waals surface area contributed by atoms with Crippen LogP contribution in [0.4, 0.5) is 0 Å². The van der Waals surface area contributed by atoms with Gasteiger partial charge in [0.2, 0.25) is 0 Å². The normalized spacial score (nSPS) is 11.3. The van der Waals surface area contributed by atoms with Gasteiger partial charge in [-0.15, -0.1) is 0 Å². The van der Waals surface area contributed by atoms with Crippen LogP contribution in [0.5, 0.6) is 0 Å². The van der Waals surface area contributed by atoms with Gasteiger partial charge in [0.05, 0.1) is 17.5 Å². The number of carbonyl (C=O) groups excluding carboxylic acids is 1. The lowest BCUT2D eigenvalue weighted by molar-refractivity contribution is 0.103. The van der Waals surface area contributed by atoms with E-state index in [4.69, 9.17) is 21.1 Å². The molecule has 4 aromatic carbocycles. The molecule has 0 bridgehead atoms. The highest BCUT2D eigenvalue weighted by molar-refractivity contribution is 6.30. The third kappa shape index (κ3) is 4.90. The third-order valence-electron chi connectivity index (χ3n) is 6.01. The van der Waals surface area contributed by atoms with E-state index < -0.39 is 0 Å². The summed E-state index contributed by atoms with van der Waals surface area (Å²) in [5, 5.41) is 4.79. The Balaban J connectivity index is 1.56. The van der Waals surface area contributed by atoms with E-state index in [0.717, 1.165) is 22.3 Å². The number of rotatable bonds is 7. The lowest BCUT2D eigenvalue weighted by atomic mass is 9.93. The van der Waals surface area contributed by atoms with Crippen molar-refractivity contribution in [2.45, 2.75) is 13.0 Å². The van der Waals surface area contributed by atoms with Crippen LogP contribution >= 0.6 is 11.6 Å². The second-order valence-electron chi connectivity index (χ2n) is 8.39. The Bertz CT molecular complexity index is 1470. The summed E-state index contributed by atoms with van der Waals surface area (Å²) in [5.41, 5.74) is 5.42. The number of nitrogens with zero attached hydrogens (tertiary/aromatic N) is 2. The number of aliphatic imine (C=N–C) groups is 1. The van der Waals surface area contributed by atoms with Gasteiger partial charge in [-0.05, 0) is 47.9 Å². The molecular formula is C31H23ClN2O2. The summed E-state index contributed by atoms with van der Waals surface area (Å²) in [7, 11) is 0. The van der Waals surface area contributed by atoms with E-state index in [9.17, 15) is 4.79 Å². The van der Waals surface area contributed by atoms with Crippen LogP contribution in [-0.2, 0) is 0 Å². The summed E-state index contributed by atoms with van der Waals surface area (Å²) in [4.78, 5) is 18.3. The van der Waals surface area contributed by atoms with Crippen LogP contribution in [0.25, 0.3) is 11.1 Å². The molecule has 0 N–H and O–H groups in total. The quantitative estimate of drug-likeness (QED) is 0.173. The van der Waals surface area contributed by atoms with E-state index in [0.29, 0.717) is 27.6 Å². The summed E-state index contributed by atoms with van der Waals surface area (Å²) >= 11 is 6.02. The first kappa shape index (κ1) is 23.5. The zero-order valence-corrected chi connectivity index (χ0v) is 20.4. The molecule has 4 nitrogen and oxygen atoms in total. The highest BCUT2D eigenvalue weighted by atomic mass is 35.5. The fourth-order valence-corrected chi connectivity index (χ4v) is 4.36.